The van der Waals surface area contributed by atoms with E-state index in [1.54, 1.807) is 6.07 Å². The number of aromatic hydroxyl groups is 1. The molecule has 0 spiro atoms. The Morgan fingerprint density at radius 2 is 2.29 bits per heavy atom. The number of rotatable bonds is 3. The zero-order valence-electron chi connectivity index (χ0n) is 8.68. The SMILES string of the molecule is O=C(NCc1ccno1)c1ccc(O)cc1F. The van der Waals surface area contributed by atoms with E-state index < -0.39 is 11.7 Å². The third-order valence-electron chi connectivity index (χ3n) is 2.11. The van der Waals surface area contributed by atoms with Crippen LogP contribution in [0, 0.1) is 5.82 Å². The molecule has 0 aliphatic carbocycles. The summed E-state index contributed by atoms with van der Waals surface area (Å²) in [6, 6.07) is 4.92. The van der Waals surface area contributed by atoms with Gasteiger partial charge in [-0.15, -0.1) is 0 Å². The molecule has 0 radical (unpaired) electrons. The molecule has 2 aromatic rings. The molecule has 0 saturated carbocycles. The van der Waals surface area contributed by atoms with Crippen LogP contribution < -0.4 is 5.32 Å². The van der Waals surface area contributed by atoms with Crippen molar-refractivity contribution in [3.8, 4) is 5.75 Å². The van der Waals surface area contributed by atoms with E-state index in [1.807, 2.05) is 0 Å². The number of halogens is 1. The first-order valence-corrected chi connectivity index (χ1v) is 4.83. The normalized spacial score (nSPS) is 10.2. The first-order valence-electron chi connectivity index (χ1n) is 4.83. The van der Waals surface area contributed by atoms with E-state index >= 15 is 0 Å². The molecule has 1 heterocycles. The van der Waals surface area contributed by atoms with Crippen LogP contribution in [-0.4, -0.2) is 16.2 Å². The van der Waals surface area contributed by atoms with E-state index in [0.29, 0.717) is 5.76 Å². The monoisotopic (exact) mass is 236 g/mol. The molecular formula is C11H9FN2O3. The maximum absolute atomic E-state index is 13.3. The van der Waals surface area contributed by atoms with Crippen molar-refractivity contribution in [1.82, 2.24) is 10.5 Å². The number of amides is 1. The summed E-state index contributed by atoms with van der Waals surface area (Å²) in [4.78, 5) is 11.6. The Balaban J connectivity index is 2.04. The van der Waals surface area contributed by atoms with Crippen LogP contribution in [0.5, 0.6) is 5.75 Å². The molecule has 0 bridgehead atoms. The predicted molar refractivity (Wildman–Crippen MR) is 55.7 cm³/mol. The summed E-state index contributed by atoms with van der Waals surface area (Å²) in [7, 11) is 0. The first kappa shape index (κ1) is 11.1. The van der Waals surface area contributed by atoms with E-state index in [0.717, 1.165) is 6.07 Å². The van der Waals surface area contributed by atoms with Gasteiger partial charge in [0, 0.05) is 12.1 Å². The van der Waals surface area contributed by atoms with Crippen molar-refractivity contribution in [2.24, 2.45) is 0 Å². The Morgan fingerprint density at radius 3 is 2.94 bits per heavy atom. The molecule has 0 saturated heterocycles. The molecule has 1 aromatic carbocycles. The summed E-state index contributed by atoms with van der Waals surface area (Å²) in [6.45, 7) is 0.124. The number of aromatic nitrogens is 1. The van der Waals surface area contributed by atoms with Crippen LogP contribution >= 0.6 is 0 Å². The third-order valence-corrected chi connectivity index (χ3v) is 2.11. The summed E-state index contributed by atoms with van der Waals surface area (Å²) in [6.07, 6.45) is 1.45. The van der Waals surface area contributed by atoms with Crippen LogP contribution in [0.1, 0.15) is 16.1 Å². The molecule has 5 nitrogen and oxygen atoms in total. The second-order valence-electron chi connectivity index (χ2n) is 3.33. The summed E-state index contributed by atoms with van der Waals surface area (Å²) in [5, 5.41) is 14.9. The molecule has 0 aliphatic heterocycles. The lowest BCUT2D eigenvalue weighted by molar-refractivity contribution is 0.0943. The van der Waals surface area contributed by atoms with Gasteiger partial charge in [0.1, 0.15) is 11.6 Å². The number of carbonyl (C=O) groups excluding carboxylic acids is 1. The van der Waals surface area contributed by atoms with Crippen LogP contribution in [0.2, 0.25) is 0 Å². The van der Waals surface area contributed by atoms with Crippen LogP contribution in [0.3, 0.4) is 0 Å². The van der Waals surface area contributed by atoms with E-state index in [1.165, 1.54) is 18.3 Å². The lowest BCUT2D eigenvalue weighted by atomic mass is 10.2. The van der Waals surface area contributed by atoms with Crippen LogP contribution in [0.4, 0.5) is 4.39 Å². The number of carbonyl (C=O) groups is 1. The molecule has 0 fully saturated rings. The molecule has 88 valence electrons. The smallest absolute Gasteiger partial charge is 0.254 e. The Bertz CT molecular complexity index is 526. The minimum absolute atomic E-state index is 0.124. The van der Waals surface area contributed by atoms with Gasteiger partial charge in [-0.3, -0.25) is 4.79 Å². The summed E-state index contributed by atoms with van der Waals surface area (Å²) in [5.41, 5.74) is -0.137. The number of benzene rings is 1. The fourth-order valence-corrected chi connectivity index (χ4v) is 1.28. The number of phenols is 1. The minimum Gasteiger partial charge on any atom is -0.508 e. The van der Waals surface area contributed by atoms with Gasteiger partial charge in [-0.1, -0.05) is 5.16 Å². The minimum atomic E-state index is -0.778. The van der Waals surface area contributed by atoms with Crippen molar-refractivity contribution < 1.29 is 18.8 Å². The van der Waals surface area contributed by atoms with Crippen molar-refractivity contribution in [3.05, 3.63) is 47.6 Å². The number of hydrogen-bond donors (Lipinski definition) is 2. The standard InChI is InChI=1S/C11H9FN2O3/c12-10-5-7(15)1-2-9(10)11(16)13-6-8-3-4-14-17-8/h1-5,15H,6H2,(H,13,16). The highest BCUT2D eigenvalue weighted by molar-refractivity contribution is 5.94. The van der Waals surface area contributed by atoms with Crippen LogP contribution in [0.15, 0.2) is 35.0 Å². The molecule has 1 aromatic heterocycles. The topological polar surface area (TPSA) is 75.4 Å². The van der Waals surface area contributed by atoms with Gasteiger partial charge in [0.2, 0.25) is 0 Å². The molecule has 2 N–H and O–H groups in total. The molecular weight excluding hydrogens is 227 g/mol. The Kier molecular flexibility index (Phi) is 3.04. The van der Waals surface area contributed by atoms with Crippen LogP contribution in [-0.2, 0) is 6.54 Å². The second-order valence-corrected chi connectivity index (χ2v) is 3.33. The van der Waals surface area contributed by atoms with Gasteiger partial charge < -0.3 is 14.9 Å². The van der Waals surface area contributed by atoms with Crippen molar-refractivity contribution >= 4 is 5.91 Å². The van der Waals surface area contributed by atoms with Gasteiger partial charge in [0.15, 0.2) is 5.76 Å². The third kappa shape index (κ3) is 2.60. The summed E-state index contributed by atoms with van der Waals surface area (Å²) < 4.78 is 18.1. The van der Waals surface area contributed by atoms with Gasteiger partial charge in [0.05, 0.1) is 18.3 Å². The van der Waals surface area contributed by atoms with E-state index in [9.17, 15) is 9.18 Å². The van der Waals surface area contributed by atoms with Gasteiger partial charge in [-0.25, -0.2) is 4.39 Å². The Labute approximate surface area is 95.9 Å². The zero-order chi connectivity index (χ0) is 12.3. The van der Waals surface area contributed by atoms with Crippen molar-refractivity contribution in [2.45, 2.75) is 6.54 Å². The highest BCUT2D eigenvalue weighted by Gasteiger charge is 2.12. The van der Waals surface area contributed by atoms with E-state index in [4.69, 9.17) is 9.63 Å². The quantitative estimate of drug-likeness (QED) is 0.845. The molecule has 6 heteroatoms. The maximum Gasteiger partial charge on any atom is 0.254 e. The Morgan fingerprint density at radius 1 is 1.47 bits per heavy atom. The highest BCUT2D eigenvalue weighted by atomic mass is 19.1. The van der Waals surface area contributed by atoms with Gasteiger partial charge >= 0.3 is 0 Å². The lowest BCUT2D eigenvalue weighted by Gasteiger charge is -2.04. The molecule has 0 unspecified atom stereocenters. The average molecular weight is 236 g/mol. The molecule has 2 rings (SSSR count). The lowest BCUT2D eigenvalue weighted by Crippen LogP contribution is -2.23. The summed E-state index contributed by atoms with van der Waals surface area (Å²) in [5.74, 6) is -1.12. The number of hydrogen-bond acceptors (Lipinski definition) is 4. The van der Waals surface area contributed by atoms with E-state index in [-0.39, 0.29) is 17.9 Å². The number of nitrogens with zero attached hydrogens (tertiary/aromatic N) is 1. The van der Waals surface area contributed by atoms with Crippen molar-refractivity contribution in [1.29, 1.82) is 0 Å². The molecule has 17 heavy (non-hydrogen) atoms. The second kappa shape index (κ2) is 4.65. The Hall–Kier alpha value is -2.37. The maximum atomic E-state index is 13.3. The highest BCUT2D eigenvalue weighted by Crippen LogP contribution is 2.14. The van der Waals surface area contributed by atoms with Gasteiger partial charge in [0.25, 0.3) is 5.91 Å². The zero-order valence-corrected chi connectivity index (χ0v) is 8.68. The van der Waals surface area contributed by atoms with Crippen molar-refractivity contribution in [2.75, 3.05) is 0 Å². The number of phenolic OH excluding ortho intramolecular Hbond substituents is 1. The fraction of sp³-hybridized carbons (Fsp3) is 0.0909. The molecule has 1 amide bonds. The molecule has 0 atom stereocenters. The molecule has 0 aliphatic rings. The van der Waals surface area contributed by atoms with Crippen LogP contribution in [0.25, 0.3) is 0 Å². The van der Waals surface area contributed by atoms with Gasteiger partial charge in [-0.05, 0) is 12.1 Å². The average Bonchev–Trinajstić information content (AvgIpc) is 2.78. The first-order chi connectivity index (χ1) is 8.16. The van der Waals surface area contributed by atoms with Gasteiger partial charge in [-0.2, -0.15) is 0 Å². The predicted octanol–water partition coefficient (Wildman–Crippen LogP) is 1.45. The van der Waals surface area contributed by atoms with E-state index in [2.05, 4.69) is 10.5 Å². The van der Waals surface area contributed by atoms with Crippen molar-refractivity contribution in [3.63, 3.8) is 0 Å². The fourth-order valence-electron chi connectivity index (χ4n) is 1.28. The largest absolute Gasteiger partial charge is 0.508 e. The summed E-state index contributed by atoms with van der Waals surface area (Å²) >= 11 is 0. The number of nitrogens with one attached hydrogen (secondary N) is 1.